The molecular weight excluding hydrogens is 288 g/mol. The van der Waals surface area contributed by atoms with Gasteiger partial charge in [-0.3, -0.25) is 0 Å². The van der Waals surface area contributed by atoms with Crippen molar-refractivity contribution < 1.29 is 0 Å². The Kier molecular flexibility index (Phi) is 5.07. The number of anilines is 1. The Labute approximate surface area is 119 Å². The van der Waals surface area contributed by atoms with Crippen molar-refractivity contribution in [3.05, 3.63) is 28.2 Å². The van der Waals surface area contributed by atoms with Crippen molar-refractivity contribution in [3.8, 4) is 0 Å². The molecule has 2 N–H and O–H groups in total. The van der Waals surface area contributed by atoms with Gasteiger partial charge in [0.25, 0.3) is 0 Å². The fourth-order valence-electron chi connectivity index (χ4n) is 2.48. The molecule has 1 fully saturated rings. The lowest BCUT2D eigenvalue weighted by atomic mass is 10.0. The number of nitrogens with two attached hydrogens (primary N) is 1. The van der Waals surface area contributed by atoms with E-state index < -0.39 is 0 Å². The molecular formula is C15H23BrN2. The normalized spacial score (nSPS) is 17.8. The van der Waals surface area contributed by atoms with Gasteiger partial charge in [-0.15, -0.1) is 0 Å². The van der Waals surface area contributed by atoms with E-state index in [1.54, 1.807) is 0 Å². The fraction of sp³-hybridized carbons (Fsp3) is 0.600. The monoisotopic (exact) mass is 310 g/mol. The van der Waals surface area contributed by atoms with Crippen LogP contribution in [0, 0.1) is 0 Å². The SMILES string of the molecule is CCC(N)Cc1ccc(N2CCCCC2)cc1Br. The molecule has 0 amide bonds. The molecule has 1 aliphatic heterocycles. The average Bonchev–Trinajstić information content (AvgIpc) is 2.42. The van der Waals surface area contributed by atoms with Gasteiger partial charge in [0.2, 0.25) is 0 Å². The molecule has 2 rings (SSSR count). The van der Waals surface area contributed by atoms with Gasteiger partial charge in [0.15, 0.2) is 0 Å². The van der Waals surface area contributed by atoms with Crippen LogP contribution in [-0.4, -0.2) is 19.1 Å². The predicted octanol–water partition coefficient (Wildman–Crippen LogP) is 3.72. The molecule has 0 aliphatic carbocycles. The van der Waals surface area contributed by atoms with Gasteiger partial charge in [0, 0.05) is 29.3 Å². The van der Waals surface area contributed by atoms with Crippen LogP contribution < -0.4 is 10.6 Å². The Morgan fingerprint density at radius 3 is 2.61 bits per heavy atom. The Morgan fingerprint density at radius 1 is 1.28 bits per heavy atom. The first kappa shape index (κ1) is 13.9. The van der Waals surface area contributed by atoms with Crippen molar-refractivity contribution in [2.24, 2.45) is 5.73 Å². The zero-order chi connectivity index (χ0) is 13.0. The Balaban J connectivity index is 2.08. The molecule has 3 heteroatoms. The van der Waals surface area contributed by atoms with Gasteiger partial charge >= 0.3 is 0 Å². The molecule has 1 saturated heterocycles. The van der Waals surface area contributed by atoms with Gasteiger partial charge in [-0.05, 0) is 49.8 Å². The first-order chi connectivity index (χ1) is 8.70. The van der Waals surface area contributed by atoms with Crippen molar-refractivity contribution in [1.82, 2.24) is 0 Å². The fourth-order valence-corrected chi connectivity index (χ4v) is 3.01. The summed E-state index contributed by atoms with van der Waals surface area (Å²) in [4.78, 5) is 2.48. The van der Waals surface area contributed by atoms with Gasteiger partial charge in [0.1, 0.15) is 0 Å². The minimum Gasteiger partial charge on any atom is -0.372 e. The predicted molar refractivity (Wildman–Crippen MR) is 82.2 cm³/mol. The van der Waals surface area contributed by atoms with Crippen molar-refractivity contribution in [2.75, 3.05) is 18.0 Å². The molecule has 0 aromatic heterocycles. The summed E-state index contributed by atoms with van der Waals surface area (Å²) in [5.74, 6) is 0. The average molecular weight is 311 g/mol. The highest BCUT2D eigenvalue weighted by Crippen LogP contribution is 2.27. The second-order valence-corrected chi connectivity index (χ2v) is 6.05. The molecule has 1 aromatic carbocycles. The lowest BCUT2D eigenvalue weighted by Gasteiger charge is -2.29. The van der Waals surface area contributed by atoms with Crippen LogP contribution in [0.2, 0.25) is 0 Å². The first-order valence-corrected chi connectivity index (χ1v) is 7.79. The van der Waals surface area contributed by atoms with Crippen molar-refractivity contribution in [1.29, 1.82) is 0 Å². The van der Waals surface area contributed by atoms with Gasteiger partial charge in [-0.2, -0.15) is 0 Å². The maximum atomic E-state index is 6.02. The number of rotatable bonds is 4. The molecule has 1 unspecified atom stereocenters. The van der Waals surface area contributed by atoms with E-state index in [0.717, 1.165) is 12.8 Å². The second-order valence-electron chi connectivity index (χ2n) is 5.20. The summed E-state index contributed by atoms with van der Waals surface area (Å²) in [6, 6.07) is 6.99. The van der Waals surface area contributed by atoms with Crippen LogP contribution in [0.1, 0.15) is 38.2 Å². The molecule has 1 aliphatic rings. The van der Waals surface area contributed by atoms with E-state index in [2.05, 4.69) is 46.0 Å². The van der Waals surface area contributed by atoms with Crippen molar-refractivity contribution in [3.63, 3.8) is 0 Å². The van der Waals surface area contributed by atoms with Crippen LogP contribution in [0.4, 0.5) is 5.69 Å². The van der Waals surface area contributed by atoms with E-state index in [4.69, 9.17) is 5.73 Å². The van der Waals surface area contributed by atoms with Crippen LogP contribution in [0.25, 0.3) is 0 Å². The standard InChI is InChI=1S/C15H23BrN2/c1-2-13(17)10-12-6-7-14(11-15(12)16)18-8-4-3-5-9-18/h6-7,11,13H,2-5,8-10,17H2,1H3. The summed E-state index contributed by atoms with van der Waals surface area (Å²) < 4.78 is 1.20. The number of halogens is 1. The highest BCUT2D eigenvalue weighted by Gasteiger charge is 2.12. The minimum atomic E-state index is 0.266. The van der Waals surface area contributed by atoms with Crippen LogP contribution in [0.3, 0.4) is 0 Å². The van der Waals surface area contributed by atoms with E-state index in [-0.39, 0.29) is 6.04 Å². The van der Waals surface area contributed by atoms with Crippen LogP contribution >= 0.6 is 15.9 Å². The Bertz CT molecular complexity index is 386. The lowest BCUT2D eigenvalue weighted by molar-refractivity contribution is 0.577. The zero-order valence-electron chi connectivity index (χ0n) is 11.2. The first-order valence-electron chi connectivity index (χ1n) is 6.99. The zero-order valence-corrected chi connectivity index (χ0v) is 12.7. The summed E-state index contributed by atoms with van der Waals surface area (Å²) in [6.07, 6.45) is 6.00. The van der Waals surface area contributed by atoms with Crippen LogP contribution in [0.15, 0.2) is 22.7 Å². The molecule has 100 valence electrons. The number of piperidine rings is 1. The van der Waals surface area contributed by atoms with Crippen LogP contribution in [0.5, 0.6) is 0 Å². The summed E-state index contributed by atoms with van der Waals surface area (Å²) in [5, 5.41) is 0. The van der Waals surface area contributed by atoms with Gasteiger partial charge < -0.3 is 10.6 Å². The summed E-state index contributed by atoms with van der Waals surface area (Å²) >= 11 is 3.69. The van der Waals surface area contributed by atoms with Gasteiger partial charge in [-0.25, -0.2) is 0 Å². The Morgan fingerprint density at radius 2 is 2.00 bits per heavy atom. The van der Waals surface area contributed by atoms with E-state index in [1.165, 1.54) is 48.1 Å². The third-order valence-corrected chi connectivity index (χ3v) is 4.50. The molecule has 1 atom stereocenters. The number of hydrogen-bond acceptors (Lipinski definition) is 2. The maximum Gasteiger partial charge on any atom is 0.0377 e. The summed E-state index contributed by atoms with van der Waals surface area (Å²) in [5.41, 5.74) is 8.69. The Hall–Kier alpha value is -0.540. The maximum absolute atomic E-state index is 6.02. The van der Waals surface area contributed by atoms with E-state index in [1.807, 2.05) is 0 Å². The third kappa shape index (κ3) is 3.48. The van der Waals surface area contributed by atoms with E-state index in [0.29, 0.717) is 0 Å². The van der Waals surface area contributed by atoms with Gasteiger partial charge in [-0.1, -0.05) is 28.9 Å². The molecule has 0 saturated carbocycles. The number of benzene rings is 1. The molecule has 0 bridgehead atoms. The smallest absolute Gasteiger partial charge is 0.0377 e. The van der Waals surface area contributed by atoms with Crippen LogP contribution in [-0.2, 0) is 6.42 Å². The largest absolute Gasteiger partial charge is 0.372 e. The topological polar surface area (TPSA) is 29.3 Å². The minimum absolute atomic E-state index is 0.266. The quantitative estimate of drug-likeness (QED) is 0.918. The highest BCUT2D eigenvalue weighted by atomic mass is 79.9. The van der Waals surface area contributed by atoms with Crippen molar-refractivity contribution >= 4 is 21.6 Å². The number of nitrogens with zero attached hydrogens (tertiary/aromatic N) is 1. The molecule has 1 heterocycles. The number of hydrogen-bond donors (Lipinski definition) is 1. The van der Waals surface area contributed by atoms with E-state index >= 15 is 0 Å². The summed E-state index contributed by atoms with van der Waals surface area (Å²) in [7, 11) is 0. The molecule has 0 radical (unpaired) electrons. The van der Waals surface area contributed by atoms with E-state index in [9.17, 15) is 0 Å². The summed E-state index contributed by atoms with van der Waals surface area (Å²) in [6.45, 7) is 4.53. The van der Waals surface area contributed by atoms with Crippen molar-refractivity contribution in [2.45, 2.75) is 45.1 Å². The lowest BCUT2D eigenvalue weighted by Crippen LogP contribution is -2.29. The second kappa shape index (κ2) is 6.58. The molecule has 2 nitrogen and oxygen atoms in total. The highest BCUT2D eigenvalue weighted by molar-refractivity contribution is 9.10. The molecule has 0 spiro atoms. The third-order valence-electron chi connectivity index (χ3n) is 3.76. The molecule has 18 heavy (non-hydrogen) atoms. The van der Waals surface area contributed by atoms with Gasteiger partial charge in [0.05, 0.1) is 0 Å². The molecule has 1 aromatic rings.